The smallest absolute Gasteiger partial charge is 0.250 e. The Bertz CT molecular complexity index is 463. The number of ether oxygens (including phenoxy) is 1. The molecule has 0 aliphatic carbocycles. The van der Waals surface area contributed by atoms with Crippen molar-refractivity contribution in [3.63, 3.8) is 0 Å². The number of halogens is 1. The summed E-state index contributed by atoms with van der Waals surface area (Å²) in [7, 11) is 1.40. The summed E-state index contributed by atoms with van der Waals surface area (Å²) >= 11 is 0. The maximum Gasteiger partial charge on any atom is 0.250 e. The van der Waals surface area contributed by atoms with Gasteiger partial charge in [0.05, 0.1) is 11.3 Å². The van der Waals surface area contributed by atoms with Gasteiger partial charge < -0.3 is 15.2 Å². The third kappa shape index (κ3) is 4.23. The van der Waals surface area contributed by atoms with Crippen LogP contribution < -0.4 is 5.32 Å². The summed E-state index contributed by atoms with van der Waals surface area (Å²) in [5.74, 6) is 4.13. The molecule has 0 saturated heterocycles. The Morgan fingerprint density at radius 1 is 1.59 bits per heavy atom. The van der Waals surface area contributed by atoms with Crippen LogP contribution in [0.5, 0.6) is 0 Å². The predicted octanol–water partition coefficient (Wildman–Crippen LogP) is 0.754. The van der Waals surface area contributed by atoms with Gasteiger partial charge in [-0.3, -0.25) is 4.79 Å². The summed E-state index contributed by atoms with van der Waals surface area (Å²) in [6.45, 7) is -0.424. The van der Waals surface area contributed by atoms with Crippen LogP contribution in [0.3, 0.4) is 0 Å². The lowest BCUT2D eigenvalue weighted by molar-refractivity contribution is -0.119. The van der Waals surface area contributed by atoms with Crippen molar-refractivity contribution in [3.8, 4) is 11.8 Å². The number of anilines is 1. The van der Waals surface area contributed by atoms with Gasteiger partial charge >= 0.3 is 0 Å². The maximum absolute atomic E-state index is 13.0. The van der Waals surface area contributed by atoms with Crippen LogP contribution in [0, 0.1) is 17.7 Å². The van der Waals surface area contributed by atoms with Crippen LogP contribution in [0.4, 0.5) is 10.1 Å². The lowest BCUT2D eigenvalue weighted by Crippen LogP contribution is -2.17. The van der Waals surface area contributed by atoms with Gasteiger partial charge in [-0.2, -0.15) is 0 Å². The van der Waals surface area contributed by atoms with E-state index >= 15 is 0 Å². The Balaban J connectivity index is 2.94. The highest BCUT2D eigenvalue weighted by atomic mass is 19.1. The molecular formula is C12H12FNO3. The fourth-order valence-electron chi connectivity index (χ4n) is 1.18. The first-order chi connectivity index (χ1) is 8.17. The monoisotopic (exact) mass is 237 g/mol. The van der Waals surface area contributed by atoms with Gasteiger partial charge in [0.25, 0.3) is 0 Å². The third-order valence-electron chi connectivity index (χ3n) is 1.83. The van der Waals surface area contributed by atoms with Crippen molar-refractivity contribution in [1.82, 2.24) is 0 Å². The van der Waals surface area contributed by atoms with Gasteiger partial charge in [0.2, 0.25) is 5.91 Å². The molecule has 0 atom stereocenters. The van der Waals surface area contributed by atoms with E-state index in [1.807, 2.05) is 0 Å². The molecule has 0 unspecified atom stereocenters. The molecule has 17 heavy (non-hydrogen) atoms. The second-order valence-electron chi connectivity index (χ2n) is 3.13. The van der Waals surface area contributed by atoms with Gasteiger partial charge in [-0.15, -0.1) is 0 Å². The lowest BCUT2D eigenvalue weighted by Gasteiger charge is -2.06. The van der Waals surface area contributed by atoms with E-state index < -0.39 is 5.82 Å². The molecule has 0 aliphatic rings. The number of aliphatic hydroxyl groups is 1. The molecule has 0 heterocycles. The Labute approximate surface area is 98.4 Å². The topological polar surface area (TPSA) is 58.6 Å². The van der Waals surface area contributed by atoms with Gasteiger partial charge in [0, 0.05) is 7.11 Å². The maximum atomic E-state index is 13.0. The number of carbonyl (C=O) groups excluding carboxylic acids is 1. The summed E-state index contributed by atoms with van der Waals surface area (Å²) < 4.78 is 17.7. The normalized spacial score (nSPS) is 9.35. The van der Waals surface area contributed by atoms with Crippen molar-refractivity contribution >= 4 is 11.6 Å². The number of amides is 1. The molecule has 5 heteroatoms. The summed E-state index contributed by atoms with van der Waals surface area (Å²) in [6.07, 6.45) is 0. The van der Waals surface area contributed by atoms with Crippen molar-refractivity contribution in [1.29, 1.82) is 0 Å². The highest BCUT2D eigenvalue weighted by Crippen LogP contribution is 2.15. The van der Waals surface area contributed by atoms with E-state index in [-0.39, 0.29) is 19.1 Å². The molecular weight excluding hydrogens is 225 g/mol. The zero-order valence-electron chi connectivity index (χ0n) is 9.29. The Morgan fingerprint density at radius 2 is 2.35 bits per heavy atom. The molecule has 0 saturated carbocycles. The standard InChI is InChI=1S/C12H12FNO3/c1-17-8-12(16)14-11-5-4-10(13)7-9(11)3-2-6-15/h4-5,7,15H,6,8H2,1H3,(H,14,16). The average Bonchev–Trinajstić information content (AvgIpc) is 2.30. The molecule has 0 spiro atoms. The van der Waals surface area contributed by atoms with Crippen molar-refractivity contribution in [2.24, 2.45) is 0 Å². The number of nitrogens with one attached hydrogen (secondary N) is 1. The average molecular weight is 237 g/mol. The van der Waals surface area contributed by atoms with Crippen molar-refractivity contribution in [3.05, 3.63) is 29.6 Å². The van der Waals surface area contributed by atoms with E-state index in [0.29, 0.717) is 11.3 Å². The number of hydrogen-bond acceptors (Lipinski definition) is 3. The second kappa shape index (κ2) is 6.63. The first-order valence-corrected chi connectivity index (χ1v) is 4.85. The van der Waals surface area contributed by atoms with Crippen LogP contribution >= 0.6 is 0 Å². The summed E-state index contributed by atoms with van der Waals surface area (Å²) in [4.78, 5) is 11.3. The number of benzene rings is 1. The molecule has 1 amide bonds. The van der Waals surface area contributed by atoms with Crippen molar-refractivity contribution in [2.75, 3.05) is 25.6 Å². The number of methoxy groups -OCH3 is 1. The van der Waals surface area contributed by atoms with Crippen LogP contribution in [-0.2, 0) is 9.53 Å². The van der Waals surface area contributed by atoms with Gasteiger partial charge in [-0.05, 0) is 18.2 Å². The molecule has 0 aromatic heterocycles. The Hall–Kier alpha value is -1.90. The summed E-state index contributed by atoms with van der Waals surface area (Å²) in [5, 5.41) is 11.1. The SMILES string of the molecule is COCC(=O)Nc1ccc(F)cc1C#CCO. The highest BCUT2D eigenvalue weighted by Gasteiger charge is 2.06. The number of carbonyl (C=O) groups is 1. The minimum absolute atomic E-state index is 0.0930. The van der Waals surface area contributed by atoms with Gasteiger partial charge in [0.1, 0.15) is 19.0 Å². The summed E-state index contributed by atoms with van der Waals surface area (Å²) in [5.41, 5.74) is 0.693. The molecule has 1 aromatic rings. The van der Waals surface area contributed by atoms with E-state index in [4.69, 9.17) is 5.11 Å². The van der Waals surface area contributed by atoms with Gasteiger partial charge in [0.15, 0.2) is 0 Å². The third-order valence-corrected chi connectivity index (χ3v) is 1.83. The first kappa shape index (κ1) is 13.2. The molecule has 2 N–H and O–H groups in total. The predicted molar refractivity (Wildman–Crippen MR) is 60.9 cm³/mol. The van der Waals surface area contributed by atoms with Crippen molar-refractivity contribution < 1.29 is 19.0 Å². The van der Waals surface area contributed by atoms with Crippen LogP contribution in [0.15, 0.2) is 18.2 Å². The minimum atomic E-state index is -0.461. The molecule has 0 fully saturated rings. The molecule has 0 radical (unpaired) electrons. The fourth-order valence-corrected chi connectivity index (χ4v) is 1.18. The highest BCUT2D eigenvalue weighted by molar-refractivity contribution is 5.93. The van der Waals surface area contributed by atoms with Gasteiger partial charge in [-0.1, -0.05) is 11.8 Å². The quantitative estimate of drug-likeness (QED) is 0.763. The van der Waals surface area contributed by atoms with Crippen LogP contribution in [-0.4, -0.2) is 31.3 Å². The zero-order chi connectivity index (χ0) is 12.7. The van der Waals surface area contributed by atoms with Crippen molar-refractivity contribution in [2.45, 2.75) is 0 Å². The van der Waals surface area contributed by atoms with Crippen LogP contribution in [0.1, 0.15) is 5.56 Å². The van der Waals surface area contributed by atoms with E-state index in [1.165, 1.54) is 25.3 Å². The molecule has 90 valence electrons. The Morgan fingerprint density at radius 3 is 3.00 bits per heavy atom. The molecule has 0 aliphatic heterocycles. The number of rotatable bonds is 3. The van der Waals surface area contributed by atoms with E-state index in [9.17, 15) is 9.18 Å². The molecule has 1 aromatic carbocycles. The Kier molecular flexibility index (Phi) is 5.14. The molecule has 1 rings (SSSR count). The van der Waals surface area contributed by atoms with E-state index in [1.54, 1.807) is 0 Å². The second-order valence-corrected chi connectivity index (χ2v) is 3.13. The number of hydrogen-bond donors (Lipinski definition) is 2. The van der Waals surface area contributed by atoms with Crippen LogP contribution in [0.25, 0.3) is 0 Å². The largest absolute Gasteiger partial charge is 0.384 e. The van der Waals surface area contributed by atoms with E-state index in [2.05, 4.69) is 21.9 Å². The summed E-state index contributed by atoms with van der Waals surface area (Å²) in [6, 6.07) is 3.81. The fraction of sp³-hybridized carbons (Fsp3) is 0.250. The zero-order valence-corrected chi connectivity index (χ0v) is 9.29. The molecule has 4 nitrogen and oxygen atoms in total. The molecule has 0 bridgehead atoms. The van der Waals surface area contributed by atoms with E-state index in [0.717, 1.165) is 0 Å². The number of aliphatic hydroxyl groups excluding tert-OH is 1. The first-order valence-electron chi connectivity index (χ1n) is 4.85. The van der Waals surface area contributed by atoms with Gasteiger partial charge in [-0.25, -0.2) is 4.39 Å². The van der Waals surface area contributed by atoms with Crippen LogP contribution in [0.2, 0.25) is 0 Å². The minimum Gasteiger partial charge on any atom is -0.384 e. The lowest BCUT2D eigenvalue weighted by atomic mass is 10.1.